The molecule has 38 heavy (non-hydrogen) atoms. The molecule has 2 atom stereocenters. The normalized spacial score (nSPS) is 22.9. The minimum atomic E-state index is -3.96. The molecule has 3 aliphatic rings. The third-order valence-corrected chi connectivity index (χ3v) is 9.97. The molecule has 0 bridgehead atoms. The maximum absolute atomic E-state index is 13.3. The molecule has 2 saturated heterocycles. The first-order valence-electron chi connectivity index (χ1n) is 13.5. The van der Waals surface area contributed by atoms with E-state index >= 15 is 0 Å². The van der Waals surface area contributed by atoms with Crippen molar-refractivity contribution in [1.82, 2.24) is 19.8 Å². The fourth-order valence-corrected chi connectivity index (χ4v) is 7.50. The number of sulfonamides is 1. The number of carbonyl (C=O) groups is 2. The lowest BCUT2D eigenvalue weighted by Gasteiger charge is -2.34. The van der Waals surface area contributed by atoms with Gasteiger partial charge in [-0.25, -0.2) is 8.42 Å². The molecule has 204 valence electrons. The van der Waals surface area contributed by atoms with Crippen LogP contribution in [-0.2, 0) is 39.0 Å². The molecule has 2 unspecified atom stereocenters. The van der Waals surface area contributed by atoms with Crippen LogP contribution in [0.1, 0.15) is 48.8 Å². The van der Waals surface area contributed by atoms with E-state index in [1.165, 1.54) is 73.3 Å². The summed E-state index contributed by atoms with van der Waals surface area (Å²) in [5.41, 5.74) is 3.93. The Balaban J connectivity index is 1.21. The van der Waals surface area contributed by atoms with Crippen LogP contribution in [0.4, 0.5) is 0 Å². The van der Waals surface area contributed by atoms with Gasteiger partial charge in [-0.3, -0.25) is 14.5 Å². The Morgan fingerprint density at radius 1 is 1.03 bits per heavy atom. The maximum Gasteiger partial charge on any atom is 0.243 e. The van der Waals surface area contributed by atoms with Crippen molar-refractivity contribution in [1.29, 1.82) is 0 Å². The van der Waals surface area contributed by atoms with E-state index in [4.69, 9.17) is 11.6 Å². The van der Waals surface area contributed by atoms with Crippen molar-refractivity contribution in [3.8, 4) is 0 Å². The minimum absolute atomic E-state index is 0.0454. The molecule has 2 fully saturated rings. The number of piperazine rings is 1. The summed E-state index contributed by atoms with van der Waals surface area (Å²) in [5, 5.41) is 6.18. The molecule has 1 aliphatic carbocycles. The average molecular weight is 559 g/mol. The van der Waals surface area contributed by atoms with Crippen LogP contribution in [0.3, 0.4) is 0 Å². The van der Waals surface area contributed by atoms with Crippen LogP contribution in [0.25, 0.3) is 0 Å². The molecule has 0 saturated carbocycles. The van der Waals surface area contributed by atoms with Crippen LogP contribution in [-0.4, -0.2) is 67.7 Å². The van der Waals surface area contributed by atoms with E-state index in [-0.39, 0.29) is 36.4 Å². The summed E-state index contributed by atoms with van der Waals surface area (Å²) in [6, 6.07) is 11.4. The molecule has 2 heterocycles. The molecule has 10 heteroatoms. The largest absolute Gasteiger partial charge is 0.353 e. The second-order valence-corrected chi connectivity index (χ2v) is 12.9. The summed E-state index contributed by atoms with van der Waals surface area (Å²) >= 11 is 5.91. The highest BCUT2D eigenvalue weighted by Crippen LogP contribution is 2.26. The van der Waals surface area contributed by atoms with Gasteiger partial charge in [0.15, 0.2) is 0 Å². The third-order valence-electron chi connectivity index (χ3n) is 7.80. The first kappa shape index (κ1) is 27.1. The summed E-state index contributed by atoms with van der Waals surface area (Å²) in [4.78, 5) is 28.3. The van der Waals surface area contributed by atoms with Crippen molar-refractivity contribution in [2.45, 2.75) is 68.5 Å². The minimum Gasteiger partial charge on any atom is -0.353 e. The van der Waals surface area contributed by atoms with Crippen molar-refractivity contribution in [2.75, 3.05) is 26.2 Å². The number of benzene rings is 2. The topological polar surface area (TPSA) is 98.8 Å². The van der Waals surface area contributed by atoms with E-state index in [0.717, 1.165) is 30.1 Å². The summed E-state index contributed by atoms with van der Waals surface area (Å²) in [6.07, 6.45) is 6.09. The lowest BCUT2D eigenvalue weighted by molar-refractivity contribution is -0.131. The van der Waals surface area contributed by atoms with Crippen molar-refractivity contribution in [3.63, 3.8) is 0 Å². The van der Waals surface area contributed by atoms with Gasteiger partial charge in [0.1, 0.15) is 6.04 Å². The number of carbonyl (C=O) groups excluding carboxylic acids is 2. The van der Waals surface area contributed by atoms with E-state index in [9.17, 15) is 18.0 Å². The average Bonchev–Trinajstić information content (AvgIpc) is 2.90. The predicted octanol–water partition coefficient (Wildman–Crippen LogP) is 2.88. The molecule has 2 aromatic carbocycles. The molecule has 0 aromatic heterocycles. The molecule has 2 amide bonds. The number of likely N-dealkylation sites (tertiary alicyclic amines) is 1. The highest BCUT2D eigenvalue weighted by molar-refractivity contribution is 7.89. The summed E-state index contributed by atoms with van der Waals surface area (Å²) in [5.74, 6) is -0.780. The van der Waals surface area contributed by atoms with E-state index in [1.807, 2.05) is 0 Å². The van der Waals surface area contributed by atoms with Crippen LogP contribution in [0, 0.1) is 0 Å². The van der Waals surface area contributed by atoms with Gasteiger partial charge in [-0.05, 0) is 86.1 Å². The Kier molecular flexibility index (Phi) is 8.38. The predicted molar refractivity (Wildman–Crippen MR) is 146 cm³/mol. The fraction of sp³-hybridized carbons (Fsp3) is 0.500. The maximum atomic E-state index is 13.3. The first-order chi connectivity index (χ1) is 18.3. The fourth-order valence-electron chi connectivity index (χ4n) is 5.79. The zero-order valence-electron chi connectivity index (χ0n) is 21.5. The van der Waals surface area contributed by atoms with Crippen molar-refractivity contribution in [2.24, 2.45) is 0 Å². The van der Waals surface area contributed by atoms with E-state index in [0.29, 0.717) is 5.02 Å². The second kappa shape index (κ2) is 11.7. The van der Waals surface area contributed by atoms with Gasteiger partial charge in [0.25, 0.3) is 0 Å². The molecule has 2 aliphatic heterocycles. The monoisotopic (exact) mass is 558 g/mol. The number of amides is 2. The van der Waals surface area contributed by atoms with Gasteiger partial charge >= 0.3 is 0 Å². The number of piperidine rings is 1. The standard InChI is InChI=1S/C28H35ClN4O4S/c29-23-7-10-25(11-8-23)38(36,37)33-15-12-30-28(35)26(33)18-27(34)31-24-9-6-21-16-20(4-5-22(21)17-24)19-32-13-2-1-3-14-32/h4-5,7-8,10-11,16,24,26H,1-3,6,9,12-15,17-19H2,(H,30,35)(H,31,34). The highest BCUT2D eigenvalue weighted by atomic mass is 35.5. The Labute approximate surface area is 229 Å². The smallest absolute Gasteiger partial charge is 0.243 e. The number of nitrogens with zero attached hydrogens (tertiary/aromatic N) is 2. The van der Waals surface area contributed by atoms with Crippen LogP contribution in [0.5, 0.6) is 0 Å². The van der Waals surface area contributed by atoms with Gasteiger partial charge in [-0.2, -0.15) is 4.31 Å². The van der Waals surface area contributed by atoms with E-state index in [2.05, 4.69) is 33.7 Å². The number of hydrogen-bond donors (Lipinski definition) is 2. The number of fused-ring (bicyclic) bond motifs is 1. The van der Waals surface area contributed by atoms with E-state index in [1.54, 1.807) is 0 Å². The van der Waals surface area contributed by atoms with Gasteiger partial charge in [-0.1, -0.05) is 36.2 Å². The highest BCUT2D eigenvalue weighted by Gasteiger charge is 2.40. The molecule has 0 spiro atoms. The number of nitrogens with one attached hydrogen (secondary N) is 2. The lowest BCUT2D eigenvalue weighted by atomic mass is 9.87. The Bertz CT molecular complexity index is 1280. The molecular weight excluding hydrogens is 524 g/mol. The lowest BCUT2D eigenvalue weighted by Crippen LogP contribution is -2.58. The molecule has 8 nitrogen and oxygen atoms in total. The number of rotatable bonds is 7. The zero-order chi connectivity index (χ0) is 26.7. The summed E-state index contributed by atoms with van der Waals surface area (Å²) in [6.45, 7) is 3.63. The van der Waals surface area contributed by atoms with Crippen molar-refractivity contribution >= 4 is 33.4 Å². The molecule has 2 N–H and O–H groups in total. The Morgan fingerprint density at radius 2 is 1.79 bits per heavy atom. The number of halogens is 1. The van der Waals surface area contributed by atoms with Gasteiger partial charge < -0.3 is 10.6 Å². The van der Waals surface area contributed by atoms with Gasteiger partial charge in [-0.15, -0.1) is 0 Å². The SMILES string of the molecule is O=C(CC1C(=O)NCCN1S(=O)(=O)c1ccc(Cl)cc1)NC1CCc2cc(CN3CCCCC3)ccc2C1. The van der Waals surface area contributed by atoms with Crippen LogP contribution >= 0.6 is 11.6 Å². The van der Waals surface area contributed by atoms with Crippen molar-refractivity contribution in [3.05, 3.63) is 64.2 Å². The summed E-state index contributed by atoms with van der Waals surface area (Å²) < 4.78 is 27.7. The molecular formula is C28H35ClN4O4S. The zero-order valence-corrected chi connectivity index (χ0v) is 23.1. The Morgan fingerprint density at radius 3 is 2.55 bits per heavy atom. The molecule has 0 radical (unpaired) electrons. The third kappa shape index (κ3) is 6.22. The van der Waals surface area contributed by atoms with Crippen LogP contribution in [0.15, 0.2) is 47.4 Å². The summed E-state index contributed by atoms with van der Waals surface area (Å²) in [7, 11) is -3.96. The Hall–Kier alpha value is -2.46. The van der Waals surface area contributed by atoms with Gasteiger partial charge in [0.05, 0.1) is 11.3 Å². The first-order valence-corrected chi connectivity index (χ1v) is 15.3. The van der Waals surface area contributed by atoms with Crippen LogP contribution in [0.2, 0.25) is 5.02 Å². The molecule has 2 aromatic rings. The molecule has 5 rings (SSSR count). The number of aryl methyl sites for hydroxylation is 1. The van der Waals surface area contributed by atoms with Gasteiger partial charge in [0, 0.05) is 30.7 Å². The van der Waals surface area contributed by atoms with Gasteiger partial charge in [0.2, 0.25) is 21.8 Å². The van der Waals surface area contributed by atoms with Crippen LogP contribution < -0.4 is 10.6 Å². The van der Waals surface area contributed by atoms with Crippen molar-refractivity contribution < 1.29 is 18.0 Å². The number of hydrogen-bond acceptors (Lipinski definition) is 5. The quantitative estimate of drug-likeness (QED) is 0.544. The van der Waals surface area contributed by atoms with E-state index < -0.39 is 22.0 Å². The second-order valence-electron chi connectivity index (χ2n) is 10.5.